The van der Waals surface area contributed by atoms with Crippen LogP contribution < -0.4 is 16.0 Å². The Morgan fingerprint density at radius 1 is 1.13 bits per heavy atom. The molecule has 3 N–H and O–H groups in total. The molecule has 120 valence electrons. The van der Waals surface area contributed by atoms with Crippen molar-refractivity contribution in [2.75, 3.05) is 30.3 Å². The van der Waals surface area contributed by atoms with Crippen LogP contribution in [0.3, 0.4) is 0 Å². The smallest absolute Gasteiger partial charge is 0.224 e. The van der Waals surface area contributed by atoms with Gasteiger partial charge in [0.15, 0.2) is 0 Å². The van der Waals surface area contributed by atoms with Crippen LogP contribution in [-0.4, -0.2) is 25.5 Å². The predicted molar refractivity (Wildman–Crippen MR) is 94.3 cm³/mol. The van der Waals surface area contributed by atoms with Gasteiger partial charge in [-0.2, -0.15) is 0 Å². The number of hydrogen-bond acceptors (Lipinski definition) is 3. The summed E-state index contributed by atoms with van der Waals surface area (Å²) < 4.78 is 0. The van der Waals surface area contributed by atoms with Crippen molar-refractivity contribution in [2.24, 2.45) is 5.92 Å². The van der Waals surface area contributed by atoms with E-state index in [2.05, 4.69) is 34.5 Å². The Morgan fingerprint density at radius 3 is 2.61 bits per heavy atom. The quantitative estimate of drug-likeness (QED) is 0.834. The first-order valence-electron chi connectivity index (χ1n) is 8.12. The molecule has 1 aliphatic heterocycles. The van der Waals surface area contributed by atoms with E-state index in [4.69, 9.17) is 5.73 Å². The number of amides is 1. The van der Waals surface area contributed by atoms with Crippen LogP contribution in [-0.2, 0) is 11.2 Å². The molecule has 1 saturated heterocycles. The summed E-state index contributed by atoms with van der Waals surface area (Å²) in [4.78, 5) is 14.4. The SMILES string of the molecule is Nc1ccc(CC(=O)NCC2CCN(c3ccccc3)C2)cc1. The lowest BCUT2D eigenvalue weighted by Crippen LogP contribution is -2.32. The highest BCUT2D eigenvalue weighted by atomic mass is 16.1. The fourth-order valence-corrected chi connectivity index (χ4v) is 3.01. The summed E-state index contributed by atoms with van der Waals surface area (Å²) in [6.45, 7) is 2.81. The van der Waals surface area contributed by atoms with Gasteiger partial charge in [-0.05, 0) is 42.2 Å². The molecule has 0 radical (unpaired) electrons. The van der Waals surface area contributed by atoms with E-state index in [9.17, 15) is 4.79 Å². The molecule has 23 heavy (non-hydrogen) atoms. The van der Waals surface area contributed by atoms with Crippen LogP contribution in [0.1, 0.15) is 12.0 Å². The minimum atomic E-state index is 0.0768. The summed E-state index contributed by atoms with van der Waals surface area (Å²) in [6, 6.07) is 17.9. The first-order chi connectivity index (χ1) is 11.2. The second-order valence-electron chi connectivity index (χ2n) is 6.16. The average molecular weight is 309 g/mol. The zero-order valence-electron chi connectivity index (χ0n) is 13.2. The Labute approximate surface area is 137 Å². The van der Waals surface area contributed by atoms with Gasteiger partial charge in [-0.1, -0.05) is 30.3 Å². The van der Waals surface area contributed by atoms with E-state index in [0.29, 0.717) is 12.3 Å². The summed E-state index contributed by atoms with van der Waals surface area (Å²) in [5.74, 6) is 0.596. The maximum Gasteiger partial charge on any atom is 0.224 e. The van der Waals surface area contributed by atoms with Gasteiger partial charge in [-0.3, -0.25) is 4.79 Å². The third-order valence-corrected chi connectivity index (χ3v) is 4.34. The van der Waals surface area contributed by atoms with Crippen molar-refractivity contribution in [3.05, 3.63) is 60.2 Å². The third kappa shape index (κ3) is 4.25. The lowest BCUT2D eigenvalue weighted by atomic mass is 10.1. The molecule has 4 nitrogen and oxygen atoms in total. The molecule has 1 unspecified atom stereocenters. The van der Waals surface area contributed by atoms with Gasteiger partial charge in [0.1, 0.15) is 0 Å². The maximum atomic E-state index is 12.0. The summed E-state index contributed by atoms with van der Waals surface area (Å²) >= 11 is 0. The molecular weight excluding hydrogens is 286 g/mol. The molecule has 0 spiro atoms. The number of nitrogens with two attached hydrogens (primary N) is 1. The second kappa shape index (κ2) is 7.18. The highest BCUT2D eigenvalue weighted by Gasteiger charge is 2.22. The second-order valence-corrected chi connectivity index (χ2v) is 6.16. The largest absolute Gasteiger partial charge is 0.399 e. The summed E-state index contributed by atoms with van der Waals surface area (Å²) in [5.41, 5.74) is 8.64. The first kappa shape index (κ1) is 15.4. The van der Waals surface area contributed by atoms with Crippen molar-refractivity contribution < 1.29 is 4.79 Å². The fraction of sp³-hybridized carbons (Fsp3) is 0.316. The van der Waals surface area contributed by atoms with Crippen LogP contribution in [0.15, 0.2) is 54.6 Å². The molecule has 4 heteroatoms. The van der Waals surface area contributed by atoms with Crippen molar-refractivity contribution >= 4 is 17.3 Å². The van der Waals surface area contributed by atoms with Gasteiger partial charge in [-0.15, -0.1) is 0 Å². The van der Waals surface area contributed by atoms with Gasteiger partial charge in [0.25, 0.3) is 0 Å². The number of nitrogens with zero attached hydrogens (tertiary/aromatic N) is 1. The van der Waals surface area contributed by atoms with Gasteiger partial charge in [-0.25, -0.2) is 0 Å². The Morgan fingerprint density at radius 2 is 1.87 bits per heavy atom. The number of nitrogens with one attached hydrogen (secondary N) is 1. The van der Waals surface area contributed by atoms with Gasteiger partial charge >= 0.3 is 0 Å². The Bertz CT molecular complexity index is 639. The molecule has 1 heterocycles. The van der Waals surface area contributed by atoms with Crippen molar-refractivity contribution in [1.29, 1.82) is 0 Å². The Kier molecular flexibility index (Phi) is 4.81. The highest BCUT2D eigenvalue weighted by Crippen LogP contribution is 2.22. The number of benzene rings is 2. The standard InChI is InChI=1S/C19H23N3O/c20-17-8-6-15(7-9-17)12-19(23)21-13-16-10-11-22(14-16)18-4-2-1-3-5-18/h1-9,16H,10-14,20H2,(H,21,23). The molecule has 1 amide bonds. The Hall–Kier alpha value is -2.49. The van der Waals surface area contributed by atoms with Crippen molar-refractivity contribution in [1.82, 2.24) is 5.32 Å². The van der Waals surface area contributed by atoms with Crippen LogP contribution in [0.25, 0.3) is 0 Å². The van der Waals surface area contributed by atoms with E-state index in [1.165, 1.54) is 5.69 Å². The molecule has 0 aromatic heterocycles. The number of nitrogen functional groups attached to an aromatic ring is 1. The number of carbonyl (C=O) groups is 1. The number of carbonyl (C=O) groups excluding carboxylic acids is 1. The van der Waals surface area contributed by atoms with E-state index < -0.39 is 0 Å². The zero-order chi connectivity index (χ0) is 16.1. The number of hydrogen-bond donors (Lipinski definition) is 2. The van der Waals surface area contributed by atoms with Crippen molar-refractivity contribution in [2.45, 2.75) is 12.8 Å². The summed E-state index contributed by atoms with van der Waals surface area (Å²) in [6.07, 6.45) is 1.53. The van der Waals surface area contributed by atoms with Crippen LogP contribution >= 0.6 is 0 Å². The minimum Gasteiger partial charge on any atom is -0.399 e. The summed E-state index contributed by atoms with van der Waals surface area (Å²) in [7, 11) is 0. The van der Waals surface area contributed by atoms with Gasteiger partial charge in [0.2, 0.25) is 5.91 Å². The van der Waals surface area contributed by atoms with Crippen molar-refractivity contribution in [3.8, 4) is 0 Å². The molecule has 1 atom stereocenters. The fourth-order valence-electron chi connectivity index (χ4n) is 3.01. The van der Waals surface area contributed by atoms with Crippen LogP contribution in [0.4, 0.5) is 11.4 Å². The molecule has 1 aliphatic rings. The average Bonchev–Trinajstić information content (AvgIpc) is 3.05. The van der Waals surface area contributed by atoms with Crippen molar-refractivity contribution in [3.63, 3.8) is 0 Å². The third-order valence-electron chi connectivity index (χ3n) is 4.34. The van der Waals surface area contributed by atoms with E-state index in [0.717, 1.165) is 37.3 Å². The molecule has 2 aromatic rings. The monoisotopic (exact) mass is 309 g/mol. The highest BCUT2D eigenvalue weighted by molar-refractivity contribution is 5.78. The molecule has 0 saturated carbocycles. The molecule has 1 fully saturated rings. The number of anilines is 2. The molecule has 3 rings (SSSR count). The van der Waals surface area contributed by atoms with Gasteiger partial charge in [0, 0.05) is 31.0 Å². The first-order valence-corrected chi connectivity index (χ1v) is 8.12. The molecule has 2 aromatic carbocycles. The van der Waals surface area contributed by atoms with E-state index in [1.54, 1.807) is 0 Å². The van der Waals surface area contributed by atoms with E-state index in [1.807, 2.05) is 30.3 Å². The predicted octanol–water partition coefficient (Wildman–Crippen LogP) is 2.45. The zero-order valence-corrected chi connectivity index (χ0v) is 13.2. The summed E-state index contributed by atoms with van der Waals surface area (Å²) in [5, 5.41) is 3.06. The van der Waals surface area contributed by atoms with Gasteiger partial charge < -0.3 is 16.0 Å². The lowest BCUT2D eigenvalue weighted by Gasteiger charge is -2.18. The normalized spacial score (nSPS) is 17.2. The lowest BCUT2D eigenvalue weighted by molar-refractivity contribution is -0.120. The van der Waals surface area contributed by atoms with E-state index >= 15 is 0 Å². The van der Waals surface area contributed by atoms with Crippen LogP contribution in [0, 0.1) is 5.92 Å². The molecule has 0 bridgehead atoms. The number of rotatable bonds is 5. The molecular formula is C19H23N3O. The van der Waals surface area contributed by atoms with E-state index in [-0.39, 0.29) is 5.91 Å². The maximum absolute atomic E-state index is 12.0. The number of para-hydroxylation sites is 1. The molecule has 0 aliphatic carbocycles. The topological polar surface area (TPSA) is 58.4 Å². The van der Waals surface area contributed by atoms with Crippen LogP contribution in [0.2, 0.25) is 0 Å². The minimum absolute atomic E-state index is 0.0768. The Balaban J connectivity index is 1.44. The van der Waals surface area contributed by atoms with Gasteiger partial charge in [0.05, 0.1) is 6.42 Å². The van der Waals surface area contributed by atoms with Crippen LogP contribution in [0.5, 0.6) is 0 Å².